The minimum atomic E-state index is -0.196. The number of nitrogens with one attached hydrogen (secondary N) is 1. The summed E-state index contributed by atoms with van der Waals surface area (Å²) in [5.74, 6) is 2.34. The Morgan fingerprint density at radius 3 is 2.64 bits per heavy atom. The average Bonchev–Trinajstić information content (AvgIpc) is 2.68. The third-order valence-corrected chi connectivity index (χ3v) is 3.82. The van der Waals surface area contributed by atoms with E-state index in [9.17, 15) is 4.79 Å². The highest BCUT2D eigenvalue weighted by atomic mass is 16.1. The zero-order chi connectivity index (χ0) is 17.6. The van der Waals surface area contributed by atoms with Crippen LogP contribution in [0.15, 0.2) is 73.1 Å². The summed E-state index contributed by atoms with van der Waals surface area (Å²) >= 11 is 0. The standard InChI is InChI=1S/C21H17N3O/c1-3-16-7-4-8-17(13-16)21(25)23-18-9-5-10-19(14-18)24(2)20-11-6-12-22-15-20/h1,4-15H,2H3,(H,23,25). The highest BCUT2D eigenvalue weighted by Crippen LogP contribution is 2.25. The van der Waals surface area contributed by atoms with Gasteiger partial charge in [-0.2, -0.15) is 0 Å². The number of carbonyl (C=O) groups is 1. The smallest absolute Gasteiger partial charge is 0.255 e. The lowest BCUT2D eigenvalue weighted by Gasteiger charge is -2.19. The Labute approximate surface area is 147 Å². The van der Waals surface area contributed by atoms with Gasteiger partial charge in [-0.05, 0) is 48.5 Å². The molecule has 0 aliphatic heterocycles. The second-order valence-corrected chi connectivity index (χ2v) is 5.50. The number of benzene rings is 2. The monoisotopic (exact) mass is 327 g/mol. The van der Waals surface area contributed by atoms with Crippen molar-refractivity contribution in [2.75, 3.05) is 17.3 Å². The molecule has 1 amide bonds. The van der Waals surface area contributed by atoms with E-state index in [1.165, 1.54) is 0 Å². The van der Waals surface area contributed by atoms with E-state index in [1.807, 2.05) is 48.3 Å². The molecular weight excluding hydrogens is 310 g/mol. The molecule has 3 rings (SSSR count). The fraction of sp³-hybridized carbons (Fsp3) is 0.0476. The number of terminal acetylenes is 1. The van der Waals surface area contributed by atoms with Gasteiger partial charge in [0.25, 0.3) is 5.91 Å². The molecule has 2 aromatic carbocycles. The first-order chi connectivity index (χ1) is 12.2. The van der Waals surface area contributed by atoms with Crippen LogP contribution in [0.3, 0.4) is 0 Å². The van der Waals surface area contributed by atoms with Crippen molar-refractivity contribution in [2.45, 2.75) is 0 Å². The average molecular weight is 327 g/mol. The number of nitrogens with zero attached hydrogens (tertiary/aromatic N) is 2. The Kier molecular flexibility index (Phi) is 4.77. The van der Waals surface area contributed by atoms with E-state index in [2.05, 4.69) is 16.2 Å². The number of aromatic nitrogens is 1. The largest absolute Gasteiger partial charge is 0.343 e. The molecule has 0 radical (unpaired) electrons. The Morgan fingerprint density at radius 1 is 1.08 bits per heavy atom. The lowest BCUT2D eigenvalue weighted by atomic mass is 10.1. The highest BCUT2D eigenvalue weighted by Gasteiger charge is 2.09. The molecule has 122 valence electrons. The molecule has 0 aliphatic rings. The molecule has 0 saturated heterocycles. The van der Waals surface area contributed by atoms with Gasteiger partial charge in [0.1, 0.15) is 0 Å². The summed E-state index contributed by atoms with van der Waals surface area (Å²) < 4.78 is 0. The summed E-state index contributed by atoms with van der Waals surface area (Å²) in [6, 6.07) is 18.5. The van der Waals surface area contributed by atoms with Gasteiger partial charge in [-0.1, -0.05) is 18.1 Å². The Balaban J connectivity index is 1.80. The zero-order valence-electron chi connectivity index (χ0n) is 13.8. The van der Waals surface area contributed by atoms with Crippen molar-refractivity contribution in [1.82, 2.24) is 4.98 Å². The van der Waals surface area contributed by atoms with Crippen molar-refractivity contribution < 1.29 is 4.79 Å². The van der Waals surface area contributed by atoms with E-state index < -0.39 is 0 Å². The maximum absolute atomic E-state index is 12.4. The number of rotatable bonds is 4. The molecule has 25 heavy (non-hydrogen) atoms. The normalized spacial score (nSPS) is 9.92. The fourth-order valence-electron chi connectivity index (χ4n) is 2.45. The van der Waals surface area contributed by atoms with E-state index in [4.69, 9.17) is 6.42 Å². The third-order valence-electron chi connectivity index (χ3n) is 3.82. The fourth-order valence-corrected chi connectivity index (χ4v) is 2.45. The summed E-state index contributed by atoms with van der Waals surface area (Å²) in [7, 11) is 1.95. The molecular formula is C21H17N3O. The molecule has 3 aromatic rings. The minimum absolute atomic E-state index is 0.196. The summed E-state index contributed by atoms with van der Waals surface area (Å²) in [6.07, 6.45) is 8.91. The van der Waals surface area contributed by atoms with Gasteiger partial charge in [0.05, 0.1) is 11.9 Å². The van der Waals surface area contributed by atoms with Crippen LogP contribution in [0.5, 0.6) is 0 Å². The molecule has 0 aliphatic carbocycles. The zero-order valence-corrected chi connectivity index (χ0v) is 13.8. The second-order valence-electron chi connectivity index (χ2n) is 5.50. The van der Waals surface area contributed by atoms with Crippen LogP contribution in [0.1, 0.15) is 15.9 Å². The van der Waals surface area contributed by atoms with E-state index in [0.29, 0.717) is 16.8 Å². The summed E-state index contributed by atoms with van der Waals surface area (Å²) in [6.45, 7) is 0. The third kappa shape index (κ3) is 3.85. The topological polar surface area (TPSA) is 45.2 Å². The Morgan fingerprint density at radius 2 is 1.88 bits per heavy atom. The number of pyridine rings is 1. The van der Waals surface area contributed by atoms with Crippen LogP contribution in [0.25, 0.3) is 0 Å². The number of carbonyl (C=O) groups excluding carboxylic acids is 1. The van der Waals surface area contributed by atoms with Crippen LogP contribution in [-0.4, -0.2) is 17.9 Å². The maximum atomic E-state index is 12.4. The van der Waals surface area contributed by atoms with Crippen LogP contribution < -0.4 is 10.2 Å². The molecule has 0 bridgehead atoms. The van der Waals surface area contributed by atoms with E-state index in [-0.39, 0.29) is 5.91 Å². The van der Waals surface area contributed by atoms with Crippen molar-refractivity contribution in [3.63, 3.8) is 0 Å². The van der Waals surface area contributed by atoms with Gasteiger partial charge >= 0.3 is 0 Å². The first kappa shape index (κ1) is 16.3. The molecule has 4 nitrogen and oxygen atoms in total. The molecule has 0 spiro atoms. The van der Waals surface area contributed by atoms with Gasteiger partial charge in [-0.3, -0.25) is 9.78 Å². The lowest BCUT2D eigenvalue weighted by Crippen LogP contribution is -2.13. The number of hydrogen-bond acceptors (Lipinski definition) is 3. The van der Waals surface area contributed by atoms with Crippen molar-refractivity contribution in [3.8, 4) is 12.3 Å². The molecule has 0 saturated carbocycles. The van der Waals surface area contributed by atoms with Crippen molar-refractivity contribution in [2.24, 2.45) is 0 Å². The number of hydrogen-bond donors (Lipinski definition) is 1. The quantitative estimate of drug-likeness (QED) is 0.734. The van der Waals surface area contributed by atoms with Crippen LogP contribution in [0.4, 0.5) is 17.1 Å². The molecule has 0 atom stereocenters. The Hall–Kier alpha value is -3.58. The second kappa shape index (κ2) is 7.33. The number of amides is 1. The molecule has 0 unspecified atom stereocenters. The van der Waals surface area contributed by atoms with E-state index in [1.54, 1.807) is 36.7 Å². The van der Waals surface area contributed by atoms with Crippen LogP contribution in [0, 0.1) is 12.3 Å². The number of anilines is 3. The molecule has 0 fully saturated rings. The first-order valence-corrected chi connectivity index (χ1v) is 7.79. The predicted octanol–water partition coefficient (Wildman–Crippen LogP) is 4.08. The molecule has 1 N–H and O–H groups in total. The first-order valence-electron chi connectivity index (χ1n) is 7.79. The lowest BCUT2D eigenvalue weighted by molar-refractivity contribution is 0.102. The predicted molar refractivity (Wildman–Crippen MR) is 101 cm³/mol. The van der Waals surface area contributed by atoms with Gasteiger partial charge in [0, 0.05) is 35.7 Å². The van der Waals surface area contributed by atoms with E-state index >= 15 is 0 Å². The minimum Gasteiger partial charge on any atom is -0.343 e. The maximum Gasteiger partial charge on any atom is 0.255 e. The molecule has 1 aromatic heterocycles. The van der Waals surface area contributed by atoms with Crippen LogP contribution in [-0.2, 0) is 0 Å². The summed E-state index contributed by atoms with van der Waals surface area (Å²) in [5, 5.41) is 2.91. The van der Waals surface area contributed by atoms with Gasteiger partial charge in [-0.25, -0.2) is 0 Å². The van der Waals surface area contributed by atoms with Gasteiger partial charge < -0.3 is 10.2 Å². The molecule has 1 heterocycles. The Bertz CT molecular complexity index is 929. The van der Waals surface area contributed by atoms with Crippen molar-refractivity contribution in [3.05, 3.63) is 84.2 Å². The summed E-state index contributed by atoms with van der Waals surface area (Å²) in [4.78, 5) is 18.6. The van der Waals surface area contributed by atoms with Crippen LogP contribution in [0.2, 0.25) is 0 Å². The van der Waals surface area contributed by atoms with Crippen molar-refractivity contribution in [1.29, 1.82) is 0 Å². The van der Waals surface area contributed by atoms with Gasteiger partial charge in [-0.15, -0.1) is 6.42 Å². The van der Waals surface area contributed by atoms with Crippen LogP contribution >= 0.6 is 0 Å². The molecule has 4 heteroatoms. The van der Waals surface area contributed by atoms with Gasteiger partial charge in [0.2, 0.25) is 0 Å². The van der Waals surface area contributed by atoms with Crippen molar-refractivity contribution >= 4 is 23.0 Å². The van der Waals surface area contributed by atoms with Gasteiger partial charge in [0.15, 0.2) is 0 Å². The van der Waals surface area contributed by atoms with E-state index in [0.717, 1.165) is 11.4 Å². The SMILES string of the molecule is C#Cc1cccc(C(=O)Nc2cccc(N(C)c3cccnc3)c2)c1. The highest BCUT2D eigenvalue weighted by molar-refractivity contribution is 6.04. The summed E-state index contributed by atoms with van der Waals surface area (Å²) in [5.41, 5.74) is 3.83.